The Labute approximate surface area is 136 Å². The second-order valence-electron chi connectivity index (χ2n) is 6.35. The Bertz CT molecular complexity index is 568. The second kappa shape index (κ2) is 6.58. The van der Waals surface area contributed by atoms with Gasteiger partial charge in [-0.15, -0.1) is 0 Å². The molecule has 1 aromatic rings. The number of para-hydroxylation sites is 1. The van der Waals surface area contributed by atoms with Gasteiger partial charge in [0.2, 0.25) is 5.91 Å². The number of anilines is 1. The van der Waals surface area contributed by atoms with Crippen LogP contribution >= 0.6 is 0 Å². The van der Waals surface area contributed by atoms with Crippen LogP contribution < -0.4 is 10.2 Å². The first-order chi connectivity index (χ1) is 11.0. The number of nitrogens with zero attached hydrogens (tertiary/aromatic N) is 2. The van der Waals surface area contributed by atoms with Gasteiger partial charge in [0, 0.05) is 31.7 Å². The van der Waals surface area contributed by atoms with E-state index < -0.39 is 0 Å². The van der Waals surface area contributed by atoms with Gasteiger partial charge < -0.3 is 19.9 Å². The van der Waals surface area contributed by atoms with Crippen molar-refractivity contribution in [1.82, 2.24) is 10.2 Å². The molecule has 3 amide bonds. The summed E-state index contributed by atoms with van der Waals surface area (Å²) in [6.45, 7) is 5.61. The smallest absolute Gasteiger partial charge is 0.317 e. The number of hydrogen-bond donors (Lipinski definition) is 1. The van der Waals surface area contributed by atoms with Crippen molar-refractivity contribution < 1.29 is 14.3 Å². The van der Waals surface area contributed by atoms with Crippen molar-refractivity contribution in [2.24, 2.45) is 0 Å². The summed E-state index contributed by atoms with van der Waals surface area (Å²) >= 11 is 0. The highest BCUT2D eigenvalue weighted by atomic mass is 16.5. The molecule has 6 heteroatoms. The predicted molar refractivity (Wildman–Crippen MR) is 87.3 cm³/mol. The quantitative estimate of drug-likeness (QED) is 0.901. The topological polar surface area (TPSA) is 61.9 Å². The highest BCUT2D eigenvalue weighted by molar-refractivity contribution is 5.96. The Morgan fingerprint density at radius 2 is 1.78 bits per heavy atom. The lowest BCUT2D eigenvalue weighted by atomic mass is 10.2. The molecule has 1 N–H and O–H groups in total. The summed E-state index contributed by atoms with van der Waals surface area (Å²) in [6, 6.07) is 9.30. The van der Waals surface area contributed by atoms with Crippen LogP contribution in [0, 0.1) is 0 Å². The summed E-state index contributed by atoms with van der Waals surface area (Å²) in [5.74, 6) is 0.0465. The van der Waals surface area contributed by atoms with Crippen molar-refractivity contribution in [3.05, 3.63) is 30.3 Å². The molecule has 0 bridgehead atoms. The van der Waals surface area contributed by atoms with Gasteiger partial charge in [-0.3, -0.25) is 4.79 Å². The Morgan fingerprint density at radius 1 is 1.13 bits per heavy atom. The summed E-state index contributed by atoms with van der Waals surface area (Å²) in [5.41, 5.74) is 0.878. The van der Waals surface area contributed by atoms with Gasteiger partial charge >= 0.3 is 6.03 Å². The molecule has 23 heavy (non-hydrogen) atoms. The molecule has 2 saturated heterocycles. The van der Waals surface area contributed by atoms with Gasteiger partial charge in [-0.1, -0.05) is 18.2 Å². The van der Waals surface area contributed by atoms with Gasteiger partial charge in [-0.05, 0) is 26.0 Å². The minimum Gasteiger partial charge on any atom is -0.372 e. The van der Waals surface area contributed by atoms with E-state index in [9.17, 15) is 9.59 Å². The second-order valence-corrected chi connectivity index (χ2v) is 6.35. The molecule has 0 saturated carbocycles. The monoisotopic (exact) mass is 317 g/mol. The predicted octanol–water partition coefficient (Wildman–Crippen LogP) is 1.61. The van der Waals surface area contributed by atoms with Crippen LogP contribution in [0.15, 0.2) is 30.3 Å². The fraction of sp³-hybridized carbons (Fsp3) is 0.529. The molecule has 6 nitrogen and oxygen atoms in total. The molecule has 2 heterocycles. The summed E-state index contributed by atoms with van der Waals surface area (Å²) in [4.78, 5) is 28.1. The first-order valence-corrected chi connectivity index (χ1v) is 8.09. The maximum absolute atomic E-state index is 12.4. The molecule has 3 atom stereocenters. The Balaban J connectivity index is 1.59. The summed E-state index contributed by atoms with van der Waals surface area (Å²) in [7, 11) is 0. The van der Waals surface area contributed by atoms with E-state index in [1.807, 2.05) is 44.2 Å². The standard InChI is InChI=1S/C17H23N3O3/c1-12-9-19(10-13(2)23-12)17(22)18-14-8-16(21)20(11-14)15-6-4-3-5-7-15/h3-7,12-14H,8-11H2,1-2H3,(H,18,22)/t12-,13+,14-/m1/s1. The number of carbonyl (C=O) groups excluding carboxylic acids is 2. The molecule has 3 rings (SSSR count). The van der Waals surface area contributed by atoms with E-state index >= 15 is 0 Å². The summed E-state index contributed by atoms with van der Waals surface area (Å²) in [6.07, 6.45) is 0.418. The van der Waals surface area contributed by atoms with Crippen LogP contribution in [0.3, 0.4) is 0 Å². The molecule has 124 valence electrons. The van der Waals surface area contributed by atoms with Gasteiger partial charge in [0.05, 0.1) is 18.2 Å². The molecule has 2 aliphatic heterocycles. The highest BCUT2D eigenvalue weighted by Gasteiger charge is 2.33. The number of nitrogens with one attached hydrogen (secondary N) is 1. The third-order valence-corrected chi connectivity index (χ3v) is 4.23. The highest BCUT2D eigenvalue weighted by Crippen LogP contribution is 2.21. The number of urea groups is 1. The third-order valence-electron chi connectivity index (χ3n) is 4.23. The van der Waals surface area contributed by atoms with E-state index in [1.54, 1.807) is 9.80 Å². The number of ether oxygens (including phenoxy) is 1. The van der Waals surface area contributed by atoms with Crippen LogP contribution in [0.25, 0.3) is 0 Å². The van der Waals surface area contributed by atoms with Crippen LogP contribution in [-0.4, -0.2) is 54.7 Å². The molecule has 0 radical (unpaired) electrons. The normalized spacial score (nSPS) is 28.1. The first-order valence-electron chi connectivity index (χ1n) is 8.09. The van der Waals surface area contributed by atoms with Crippen LogP contribution in [-0.2, 0) is 9.53 Å². The van der Waals surface area contributed by atoms with Crippen molar-refractivity contribution in [2.75, 3.05) is 24.5 Å². The van der Waals surface area contributed by atoms with Crippen molar-refractivity contribution in [3.63, 3.8) is 0 Å². The van der Waals surface area contributed by atoms with Gasteiger partial charge in [0.25, 0.3) is 0 Å². The number of hydrogen-bond acceptors (Lipinski definition) is 3. The van der Waals surface area contributed by atoms with Gasteiger partial charge in [0.1, 0.15) is 0 Å². The molecule has 0 unspecified atom stereocenters. The van der Waals surface area contributed by atoms with Crippen molar-refractivity contribution in [3.8, 4) is 0 Å². The summed E-state index contributed by atoms with van der Waals surface area (Å²) in [5, 5.41) is 2.99. The minimum atomic E-state index is -0.149. The lowest BCUT2D eigenvalue weighted by Crippen LogP contribution is -2.53. The number of carbonyl (C=O) groups is 2. The molecule has 0 aromatic heterocycles. The summed E-state index contributed by atoms with van der Waals surface area (Å²) < 4.78 is 5.64. The van der Waals surface area contributed by atoms with Crippen LogP contribution in [0.1, 0.15) is 20.3 Å². The van der Waals surface area contributed by atoms with Gasteiger partial charge in [-0.25, -0.2) is 4.79 Å². The van der Waals surface area contributed by atoms with E-state index in [4.69, 9.17) is 4.74 Å². The Morgan fingerprint density at radius 3 is 2.43 bits per heavy atom. The van der Waals surface area contributed by atoms with Gasteiger partial charge in [0.15, 0.2) is 0 Å². The average molecular weight is 317 g/mol. The van der Waals surface area contributed by atoms with E-state index in [-0.39, 0.29) is 30.2 Å². The molecule has 2 aliphatic rings. The van der Waals surface area contributed by atoms with Crippen molar-refractivity contribution in [1.29, 1.82) is 0 Å². The Hall–Kier alpha value is -2.08. The lowest BCUT2D eigenvalue weighted by Gasteiger charge is -2.35. The van der Waals surface area contributed by atoms with Crippen molar-refractivity contribution >= 4 is 17.6 Å². The number of morpholine rings is 1. The number of benzene rings is 1. The minimum absolute atomic E-state index is 0.0375. The zero-order valence-electron chi connectivity index (χ0n) is 13.6. The van der Waals surface area contributed by atoms with E-state index in [2.05, 4.69) is 5.32 Å². The van der Waals surface area contributed by atoms with E-state index in [0.29, 0.717) is 26.1 Å². The van der Waals surface area contributed by atoms with Crippen LogP contribution in [0.2, 0.25) is 0 Å². The Kier molecular flexibility index (Phi) is 4.52. The maximum atomic E-state index is 12.4. The lowest BCUT2D eigenvalue weighted by molar-refractivity contribution is -0.117. The molecule has 1 aromatic carbocycles. The SMILES string of the molecule is C[C@@H]1CN(C(=O)N[C@@H]2CC(=O)N(c3ccccc3)C2)C[C@H](C)O1. The molecule has 0 aliphatic carbocycles. The number of amides is 3. The maximum Gasteiger partial charge on any atom is 0.317 e. The van der Waals surface area contributed by atoms with E-state index in [1.165, 1.54) is 0 Å². The van der Waals surface area contributed by atoms with Crippen LogP contribution in [0.4, 0.5) is 10.5 Å². The number of rotatable bonds is 2. The third kappa shape index (κ3) is 3.64. The fourth-order valence-electron chi connectivity index (χ4n) is 3.27. The largest absolute Gasteiger partial charge is 0.372 e. The molecule has 2 fully saturated rings. The zero-order valence-corrected chi connectivity index (χ0v) is 13.6. The average Bonchev–Trinajstić information content (AvgIpc) is 2.87. The zero-order chi connectivity index (χ0) is 16.4. The van der Waals surface area contributed by atoms with Gasteiger partial charge in [-0.2, -0.15) is 0 Å². The van der Waals surface area contributed by atoms with Crippen LogP contribution in [0.5, 0.6) is 0 Å². The van der Waals surface area contributed by atoms with E-state index in [0.717, 1.165) is 5.69 Å². The first kappa shape index (κ1) is 15.8. The fourth-order valence-corrected chi connectivity index (χ4v) is 3.27. The molecular formula is C17H23N3O3. The molecule has 0 spiro atoms. The molecular weight excluding hydrogens is 294 g/mol. The van der Waals surface area contributed by atoms with Crippen molar-refractivity contribution in [2.45, 2.75) is 38.5 Å².